The number of carbonyl (C=O) groups is 2. The van der Waals surface area contributed by atoms with Crippen molar-refractivity contribution in [1.29, 1.82) is 0 Å². The van der Waals surface area contributed by atoms with E-state index in [4.69, 9.17) is 9.47 Å². The van der Waals surface area contributed by atoms with Crippen molar-refractivity contribution in [3.05, 3.63) is 41.0 Å². The van der Waals surface area contributed by atoms with Crippen molar-refractivity contribution in [2.45, 2.75) is 57.7 Å². The highest BCUT2D eigenvalue weighted by Gasteiger charge is 2.46. The van der Waals surface area contributed by atoms with Gasteiger partial charge in [-0.1, -0.05) is 44.5 Å². The molecule has 0 aromatic heterocycles. The molecule has 1 saturated heterocycles. The maximum absolute atomic E-state index is 12.3. The molecule has 0 unspecified atom stereocenters. The van der Waals surface area contributed by atoms with E-state index in [9.17, 15) is 9.59 Å². The average molecular weight is 314 g/mol. The van der Waals surface area contributed by atoms with Crippen molar-refractivity contribution in [2.75, 3.05) is 0 Å². The van der Waals surface area contributed by atoms with E-state index in [1.807, 2.05) is 24.3 Å². The minimum Gasteiger partial charge on any atom is -0.419 e. The molecule has 4 heteroatoms. The third kappa shape index (κ3) is 3.31. The first-order chi connectivity index (χ1) is 11.0. The molecule has 1 aliphatic carbocycles. The van der Waals surface area contributed by atoms with Crippen LogP contribution >= 0.6 is 0 Å². The Morgan fingerprint density at radius 3 is 2.04 bits per heavy atom. The molecule has 2 aliphatic rings. The van der Waals surface area contributed by atoms with Crippen LogP contribution in [0.1, 0.15) is 63.0 Å². The molecule has 23 heavy (non-hydrogen) atoms. The molecular formula is C19H22O4. The Morgan fingerprint density at radius 2 is 1.52 bits per heavy atom. The number of hydrogen-bond acceptors (Lipinski definition) is 4. The molecule has 0 radical (unpaired) electrons. The molecule has 0 N–H and O–H groups in total. The van der Waals surface area contributed by atoms with E-state index in [1.54, 1.807) is 6.08 Å². The van der Waals surface area contributed by atoms with E-state index in [-0.39, 0.29) is 5.57 Å². The van der Waals surface area contributed by atoms with Gasteiger partial charge in [-0.05, 0) is 36.0 Å². The van der Waals surface area contributed by atoms with Crippen LogP contribution in [0.3, 0.4) is 0 Å². The first-order valence-corrected chi connectivity index (χ1v) is 8.27. The lowest BCUT2D eigenvalue weighted by Crippen LogP contribution is -2.47. The summed E-state index contributed by atoms with van der Waals surface area (Å²) in [5.41, 5.74) is 1.97. The lowest BCUT2D eigenvalue weighted by atomic mass is 9.93. The number of benzene rings is 1. The van der Waals surface area contributed by atoms with Crippen LogP contribution in [0.4, 0.5) is 0 Å². The van der Waals surface area contributed by atoms with Gasteiger partial charge >= 0.3 is 11.9 Å². The molecule has 122 valence electrons. The van der Waals surface area contributed by atoms with E-state index in [0.717, 1.165) is 24.8 Å². The summed E-state index contributed by atoms with van der Waals surface area (Å²) in [6, 6.07) is 7.79. The Kier molecular flexibility index (Phi) is 4.24. The van der Waals surface area contributed by atoms with Gasteiger partial charge in [-0.15, -0.1) is 0 Å². The lowest BCUT2D eigenvalue weighted by Gasteiger charge is -2.38. The van der Waals surface area contributed by atoms with Gasteiger partial charge in [-0.2, -0.15) is 0 Å². The molecule has 0 bridgehead atoms. The Bertz CT molecular complexity index is 612. The first-order valence-electron chi connectivity index (χ1n) is 8.27. The number of carbonyl (C=O) groups excluding carboxylic acids is 2. The third-order valence-corrected chi connectivity index (χ3v) is 4.53. The normalized spacial score (nSPS) is 20.4. The van der Waals surface area contributed by atoms with E-state index in [2.05, 4.69) is 13.8 Å². The van der Waals surface area contributed by atoms with Gasteiger partial charge in [-0.3, -0.25) is 0 Å². The third-order valence-electron chi connectivity index (χ3n) is 4.53. The summed E-state index contributed by atoms with van der Waals surface area (Å²) in [5, 5.41) is 0. The van der Waals surface area contributed by atoms with Crippen molar-refractivity contribution in [2.24, 2.45) is 0 Å². The SMILES string of the molecule is CC(C)c1ccc(C=C2C(=O)OC3(CCCCC3)OC2=O)cc1. The van der Waals surface area contributed by atoms with Crippen LogP contribution < -0.4 is 0 Å². The van der Waals surface area contributed by atoms with Crippen LogP contribution in [-0.4, -0.2) is 17.7 Å². The molecule has 3 rings (SSSR count). The molecule has 1 aromatic carbocycles. The molecule has 0 atom stereocenters. The summed E-state index contributed by atoms with van der Waals surface area (Å²) in [7, 11) is 0. The van der Waals surface area contributed by atoms with Gasteiger partial charge in [-0.25, -0.2) is 9.59 Å². The molecule has 1 saturated carbocycles. The smallest absolute Gasteiger partial charge is 0.348 e. The zero-order valence-corrected chi connectivity index (χ0v) is 13.6. The van der Waals surface area contributed by atoms with Crippen molar-refractivity contribution < 1.29 is 19.1 Å². The molecule has 1 heterocycles. The highest BCUT2D eigenvalue weighted by molar-refractivity contribution is 6.18. The van der Waals surface area contributed by atoms with Gasteiger partial charge in [0.05, 0.1) is 0 Å². The quantitative estimate of drug-likeness (QED) is 0.471. The van der Waals surface area contributed by atoms with Crippen LogP contribution in [0.2, 0.25) is 0 Å². The average Bonchev–Trinajstić information content (AvgIpc) is 2.52. The van der Waals surface area contributed by atoms with Crippen LogP contribution in [0.5, 0.6) is 0 Å². The van der Waals surface area contributed by atoms with Gasteiger partial charge in [0.15, 0.2) is 0 Å². The minimum absolute atomic E-state index is 0.0292. The fourth-order valence-corrected chi connectivity index (χ4v) is 3.11. The zero-order valence-electron chi connectivity index (χ0n) is 13.6. The Labute approximate surface area is 136 Å². The standard InChI is InChI=1S/C19H22O4/c1-13(2)15-8-6-14(7-9-15)12-16-17(20)22-19(23-18(16)21)10-4-3-5-11-19/h6-9,12-13H,3-5,10-11H2,1-2H3. The van der Waals surface area contributed by atoms with E-state index < -0.39 is 17.7 Å². The predicted molar refractivity (Wildman–Crippen MR) is 86.5 cm³/mol. The largest absolute Gasteiger partial charge is 0.419 e. The topological polar surface area (TPSA) is 52.6 Å². The van der Waals surface area contributed by atoms with Crippen molar-refractivity contribution >= 4 is 18.0 Å². The second-order valence-electron chi connectivity index (χ2n) is 6.63. The van der Waals surface area contributed by atoms with E-state index in [0.29, 0.717) is 18.8 Å². The van der Waals surface area contributed by atoms with Gasteiger partial charge < -0.3 is 9.47 Å². The summed E-state index contributed by atoms with van der Waals surface area (Å²) in [6.07, 6.45) is 5.65. The fraction of sp³-hybridized carbons (Fsp3) is 0.474. The highest BCUT2D eigenvalue weighted by Crippen LogP contribution is 2.37. The van der Waals surface area contributed by atoms with Crippen LogP contribution in [0, 0.1) is 0 Å². The molecule has 4 nitrogen and oxygen atoms in total. The first kappa shape index (κ1) is 15.8. The zero-order chi connectivity index (χ0) is 16.4. The van der Waals surface area contributed by atoms with Crippen LogP contribution in [-0.2, 0) is 19.1 Å². The van der Waals surface area contributed by atoms with Gasteiger partial charge in [0.2, 0.25) is 0 Å². The maximum Gasteiger partial charge on any atom is 0.348 e. The summed E-state index contributed by atoms with van der Waals surface area (Å²) in [6.45, 7) is 4.24. The monoisotopic (exact) mass is 314 g/mol. The Balaban J connectivity index is 1.80. The summed E-state index contributed by atoms with van der Waals surface area (Å²) >= 11 is 0. The van der Waals surface area contributed by atoms with Crippen LogP contribution in [0.15, 0.2) is 29.8 Å². The van der Waals surface area contributed by atoms with Gasteiger partial charge in [0.25, 0.3) is 5.79 Å². The molecule has 1 aromatic rings. The molecule has 2 fully saturated rings. The highest BCUT2D eigenvalue weighted by atomic mass is 16.7. The summed E-state index contributed by atoms with van der Waals surface area (Å²) in [4.78, 5) is 24.5. The summed E-state index contributed by atoms with van der Waals surface area (Å²) < 4.78 is 11.0. The number of ether oxygens (including phenoxy) is 2. The number of hydrogen-bond donors (Lipinski definition) is 0. The number of esters is 2. The second-order valence-corrected chi connectivity index (χ2v) is 6.63. The van der Waals surface area contributed by atoms with Gasteiger partial charge in [0.1, 0.15) is 5.57 Å². The van der Waals surface area contributed by atoms with Crippen molar-refractivity contribution in [3.63, 3.8) is 0 Å². The molecule has 1 spiro atoms. The molecular weight excluding hydrogens is 292 g/mol. The van der Waals surface area contributed by atoms with E-state index >= 15 is 0 Å². The number of rotatable bonds is 2. The minimum atomic E-state index is -1.02. The molecule has 1 aliphatic heterocycles. The lowest BCUT2D eigenvalue weighted by molar-refractivity contribution is -0.244. The fourth-order valence-electron chi connectivity index (χ4n) is 3.11. The van der Waals surface area contributed by atoms with Crippen LogP contribution in [0.25, 0.3) is 6.08 Å². The van der Waals surface area contributed by atoms with Crippen molar-refractivity contribution in [3.8, 4) is 0 Å². The van der Waals surface area contributed by atoms with Gasteiger partial charge in [0, 0.05) is 12.8 Å². The second kappa shape index (κ2) is 6.19. The Morgan fingerprint density at radius 1 is 0.957 bits per heavy atom. The summed E-state index contributed by atoms with van der Waals surface area (Å²) in [5.74, 6) is -1.73. The predicted octanol–water partition coefficient (Wildman–Crippen LogP) is 3.95. The van der Waals surface area contributed by atoms with Crippen molar-refractivity contribution in [1.82, 2.24) is 0 Å². The molecule has 0 amide bonds. The Hall–Kier alpha value is -2.10. The maximum atomic E-state index is 12.3. The van der Waals surface area contributed by atoms with E-state index in [1.165, 1.54) is 5.56 Å².